The van der Waals surface area contributed by atoms with Crippen LogP contribution in [0.25, 0.3) is 0 Å². The molecule has 110 valence electrons. The normalized spacial score (nSPS) is 10.4. The van der Waals surface area contributed by atoms with E-state index in [2.05, 4.69) is 20.9 Å². The first-order valence-corrected chi connectivity index (χ1v) is 7.42. The number of nitriles is 2. The van der Waals surface area contributed by atoms with Crippen LogP contribution >= 0.6 is 15.9 Å². The van der Waals surface area contributed by atoms with Gasteiger partial charge in [0.2, 0.25) is 0 Å². The van der Waals surface area contributed by atoms with Gasteiger partial charge in [0.15, 0.2) is 12.2 Å². The molecule has 0 bridgehead atoms. The van der Waals surface area contributed by atoms with E-state index in [1.807, 2.05) is 49.4 Å². The highest BCUT2D eigenvalue weighted by Gasteiger charge is 2.21. The lowest BCUT2D eigenvalue weighted by Crippen LogP contribution is -2.00. The van der Waals surface area contributed by atoms with Crippen LogP contribution in [0, 0.1) is 22.7 Å². The van der Waals surface area contributed by atoms with Crippen molar-refractivity contribution in [1.82, 2.24) is 4.57 Å². The molecule has 0 radical (unpaired) electrons. The number of halogens is 1. The monoisotopic (exact) mass is 356 g/mol. The van der Waals surface area contributed by atoms with Gasteiger partial charge in [0.1, 0.15) is 27.9 Å². The summed E-state index contributed by atoms with van der Waals surface area (Å²) in [5.74, 6) is 0.406. The summed E-state index contributed by atoms with van der Waals surface area (Å²) in [5.41, 5.74) is 1.56. The highest BCUT2D eigenvalue weighted by Crippen LogP contribution is 2.33. The molecule has 2 aromatic rings. The van der Waals surface area contributed by atoms with E-state index in [4.69, 9.17) is 4.74 Å². The maximum atomic E-state index is 9.34. The molecule has 22 heavy (non-hydrogen) atoms. The van der Waals surface area contributed by atoms with Crippen LogP contribution in [0.4, 0.5) is 5.82 Å². The van der Waals surface area contributed by atoms with Gasteiger partial charge in [0, 0.05) is 0 Å². The molecule has 0 amide bonds. The number of rotatable bonds is 5. The second-order valence-corrected chi connectivity index (χ2v) is 5.10. The molecule has 0 saturated heterocycles. The Hall–Kier alpha value is -2.57. The Labute approximate surface area is 137 Å². The lowest BCUT2D eigenvalue weighted by Gasteiger charge is -2.08. The van der Waals surface area contributed by atoms with Crippen LogP contribution < -0.4 is 0 Å². The second-order valence-electron chi connectivity index (χ2n) is 4.35. The van der Waals surface area contributed by atoms with Gasteiger partial charge in [0.05, 0.1) is 13.2 Å². The van der Waals surface area contributed by atoms with Gasteiger partial charge in [-0.25, -0.2) is 4.99 Å². The predicted octanol–water partition coefficient (Wildman–Crippen LogP) is 3.74. The molecule has 1 aromatic heterocycles. The number of benzene rings is 1. The Balaban J connectivity index is 2.54. The highest BCUT2D eigenvalue weighted by molar-refractivity contribution is 9.10. The van der Waals surface area contributed by atoms with Gasteiger partial charge < -0.3 is 9.30 Å². The van der Waals surface area contributed by atoms with Gasteiger partial charge >= 0.3 is 0 Å². The smallest absolute Gasteiger partial charge is 0.176 e. The van der Waals surface area contributed by atoms with E-state index in [9.17, 15) is 10.5 Å². The fourth-order valence-corrected chi connectivity index (χ4v) is 2.57. The van der Waals surface area contributed by atoms with E-state index < -0.39 is 0 Å². The summed E-state index contributed by atoms with van der Waals surface area (Å²) in [7, 11) is 0. The van der Waals surface area contributed by atoms with Crippen molar-refractivity contribution in [3.05, 3.63) is 51.6 Å². The Morgan fingerprint density at radius 1 is 1.23 bits per heavy atom. The number of hydrogen-bond donors (Lipinski definition) is 0. The molecule has 0 aliphatic rings. The Morgan fingerprint density at radius 3 is 2.50 bits per heavy atom. The van der Waals surface area contributed by atoms with E-state index in [0.717, 1.165) is 5.56 Å². The minimum absolute atomic E-state index is 0.237. The van der Waals surface area contributed by atoms with Crippen molar-refractivity contribution < 1.29 is 4.74 Å². The largest absolute Gasteiger partial charge is 0.483 e. The lowest BCUT2D eigenvalue weighted by atomic mass is 10.2. The first-order valence-electron chi connectivity index (χ1n) is 6.63. The third-order valence-electron chi connectivity index (χ3n) is 3.00. The van der Waals surface area contributed by atoms with E-state index in [1.165, 1.54) is 6.40 Å². The van der Waals surface area contributed by atoms with Crippen molar-refractivity contribution >= 4 is 28.1 Å². The predicted molar refractivity (Wildman–Crippen MR) is 86.9 cm³/mol. The van der Waals surface area contributed by atoms with Crippen molar-refractivity contribution in [2.45, 2.75) is 13.5 Å². The second kappa shape index (κ2) is 7.44. The SMILES string of the molecule is CCO/C=N/c1c(C#N)c(C#N)c(Br)n1Cc1ccccc1. The molecule has 0 saturated carbocycles. The van der Waals surface area contributed by atoms with E-state index in [0.29, 0.717) is 23.6 Å². The molecule has 0 fully saturated rings. The quantitative estimate of drug-likeness (QED) is 0.604. The number of aliphatic imine (C=N–C) groups is 1. The van der Waals surface area contributed by atoms with Crippen molar-refractivity contribution in [2.24, 2.45) is 4.99 Å². The zero-order valence-electron chi connectivity index (χ0n) is 12.0. The summed E-state index contributed by atoms with van der Waals surface area (Å²) in [4.78, 5) is 4.20. The maximum Gasteiger partial charge on any atom is 0.176 e. The van der Waals surface area contributed by atoms with Gasteiger partial charge in [0.25, 0.3) is 0 Å². The standard InChI is InChI=1S/C16H13BrN4O/c1-2-22-11-20-16-14(9-19)13(8-18)15(17)21(16)10-12-6-4-3-5-7-12/h3-7,11H,2,10H2,1H3/b20-11+. The molecule has 0 spiro atoms. The average Bonchev–Trinajstić information content (AvgIpc) is 2.80. The Bertz CT molecular complexity index is 766. The minimum Gasteiger partial charge on any atom is -0.483 e. The van der Waals surface area contributed by atoms with Crippen LogP contribution in [0.3, 0.4) is 0 Å². The van der Waals surface area contributed by atoms with Crippen molar-refractivity contribution in [2.75, 3.05) is 6.61 Å². The van der Waals surface area contributed by atoms with Gasteiger partial charge in [-0.05, 0) is 28.4 Å². The first kappa shape index (κ1) is 15.8. The van der Waals surface area contributed by atoms with E-state index in [1.54, 1.807) is 4.57 Å². The lowest BCUT2D eigenvalue weighted by molar-refractivity contribution is 0.343. The third-order valence-corrected chi connectivity index (χ3v) is 3.82. The number of nitrogens with zero attached hydrogens (tertiary/aromatic N) is 4. The molecule has 6 heteroatoms. The summed E-state index contributed by atoms with van der Waals surface area (Å²) in [5, 5.41) is 18.6. The molecule has 0 N–H and O–H groups in total. The first-order chi connectivity index (χ1) is 10.7. The molecule has 5 nitrogen and oxygen atoms in total. The van der Waals surface area contributed by atoms with Crippen LogP contribution in [-0.2, 0) is 11.3 Å². The van der Waals surface area contributed by atoms with Crippen LogP contribution in [0.5, 0.6) is 0 Å². The van der Waals surface area contributed by atoms with E-state index >= 15 is 0 Å². The zero-order chi connectivity index (χ0) is 15.9. The summed E-state index contributed by atoms with van der Waals surface area (Å²) in [6, 6.07) is 13.8. The van der Waals surface area contributed by atoms with Crippen molar-refractivity contribution in [1.29, 1.82) is 10.5 Å². The van der Waals surface area contributed by atoms with Crippen LogP contribution in [0.2, 0.25) is 0 Å². The fourth-order valence-electron chi connectivity index (χ4n) is 1.99. The molecule has 0 aliphatic heterocycles. The van der Waals surface area contributed by atoms with Crippen LogP contribution in [0.1, 0.15) is 23.6 Å². The number of aromatic nitrogens is 1. The highest BCUT2D eigenvalue weighted by atomic mass is 79.9. The summed E-state index contributed by atoms with van der Waals surface area (Å²) < 4.78 is 7.43. The average molecular weight is 357 g/mol. The fraction of sp³-hybridized carbons (Fsp3) is 0.188. The molecule has 1 heterocycles. The summed E-state index contributed by atoms with van der Waals surface area (Å²) >= 11 is 3.40. The molecule has 2 rings (SSSR count). The van der Waals surface area contributed by atoms with Crippen LogP contribution in [0.15, 0.2) is 39.9 Å². The molecular weight excluding hydrogens is 344 g/mol. The van der Waals surface area contributed by atoms with Gasteiger partial charge in [-0.3, -0.25) is 0 Å². The molecule has 0 atom stereocenters. The summed E-state index contributed by atoms with van der Waals surface area (Å²) in [6.45, 7) is 2.82. The molecule has 0 unspecified atom stereocenters. The van der Waals surface area contributed by atoms with Gasteiger partial charge in [-0.15, -0.1) is 0 Å². The molecule has 0 aliphatic carbocycles. The van der Waals surface area contributed by atoms with Gasteiger partial charge in [-0.1, -0.05) is 30.3 Å². The van der Waals surface area contributed by atoms with Crippen molar-refractivity contribution in [3.63, 3.8) is 0 Å². The summed E-state index contributed by atoms with van der Waals surface area (Å²) in [6.07, 6.45) is 1.30. The number of hydrogen-bond acceptors (Lipinski definition) is 4. The Kier molecular flexibility index (Phi) is 5.35. The van der Waals surface area contributed by atoms with Crippen LogP contribution in [-0.4, -0.2) is 17.6 Å². The molecule has 1 aromatic carbocycles. The maximum absolute atomic E-state index is 9.34. The topological polar surface area (TPSA) is 74.1 Å². The Morgan fingerprint density at radius 2 is 1.91 bits per heavy atom. The number of ether oxygens (including phenoxy) is 1. The van der Waals surface area contributed by atoms with E-state index in [-0.39, 0.29) is 11.1 Å². The van der Waals surface area contributed by atoms with Crippen molar-refractivity contribution in [3.8, 4) is 12.1 Å². The molecular formula is C16H13BrN4O. The third kappa shape index (κ3) is 3.19. The zero-order valence-corrected chi connectivity index (χ0v) is 13.5. The minimum atomic E-state index is 0.237. The van der Waals surface area contributed by atoms with Gasteiger partial charge in [-0.2, -0.15) is 10.5 Å².